The summed E-state index contributed by atoms with van der Waals surface area (Å²) in [5.41, 5.74) is 12.8. The molecule has 9 rings (SSSR count). The minimum atomic E-state index is -0.603. The summed E-state index contributed by atoms with van der Waals surface area (Å²) in [7, 11) is 0. The molecule has 0 spiro atoms. The van der Waals surface area contributed by atoms with Crippen LogP contribution < -0.4 is 0 Å². The quantitative estimate of drug-likeness (QED) is 0.201. The van der Waals surface area contributed by atoms with E-state index in [9.17, 15) is 0 Å². The molecule has 8 aromatic rings. The molecule has 0 atom stereocenters. The van der Waals surface area contributed by atoms with Gasteiger partial charge < -0.3 is 0 Å². The van der Waals surface area contributed by atoms with Crippen molar-refractivity contribution in [3.8, 4) is 39.5 Å². The predicted octanol–water partition coefficient (Wildman–Crippen LogP) is 9.51. The number of rotatable bonds is 5. The summed E-state index contributed by atoms with van der Waals surface area (Å²) in [6.45, 7) is 0. The number of nitrogens with zero attached hydrogens (tertiary/aromatic N) is 4. The molecule has 3 heterocycles. The lowest BCUT2D eigenvalue weighted by molar-refractivity contribution is 0.725. The van der Waals surface area contributed by atoms with Gasteiger partial charge in [-0.1, -0.05) is 133 Å². The zero-order chi connectivity index (χ0) is 30.5. The van der Waals surface area contributed by atoms with Crippen LogP contribution in [0.2, 0.25) is 0 Å². The smallest absolute Gasteiger partial charge is 0.164 e. The summed E-state index contributed by atoms with van der Waals surface area (Å²) in [4.78, 5) is 14.1. The maximum absolute atomic E-state index is 5.21. The summed E-state index contributed by atoms with van der Waals surface area (Å²) in [5, 5.41) is 0. The first kappa shape index (κ1) is 26.3. The molecule has 0 amide bonds. The van der Waals surface area contributed by atoms with Crippen molar-refractivity contribution in [3.63, 3.8) is 0 Å². The molecular weight excluding hydrogens is 560 g/mol. The Morgan fingerprint density at radius 1 is 0.522 bits per heavy atom. The van der Waals surface area contributed by atoms with Crippen LogP contribution in [0.25, 0.3) is 50.5 Å². The van der Waals surface area contributed by atoms with E-state index in [-0.39, 0.29) is 0 Å². The van der Waals surface area contributed by atoms with Crippen molar-refractivity contribution in [1.29, 1.82) is 0 Å². The van der Waals surface area contributed by atoms with Crippen molar-refractivity contribution < 1.29 is 0 Å². The number of hydrogen-bond donors (Lipinski definition) is 0. The van der Waals surface area contributed by atoms with Crippen molar-refractivity contribution in [3.05, 3.63) is 193 Å². The zero-order valence-corrected chi connectivity index (χ0v) is 25.0. The normalized spacial score (nSPS) is 13.0. The van der Waals surface area contributed by atoms with Gasteiger partial charge in [-0.15, -0.1) is 0 Å². The molecule has 4 heteroatoms. The molecule has 1 aliphatic rings. The lowest BCUT2D eigenvalue weighted by atomic mass is 9.63. The van der Waals surface area contributed by atoms with Crippen molar-refractivity contribution in [2.45, 2.75) is 5.41 Å². The summed E-state index contributed by atoms with van der Waals surface area (Å²) in [6, 6.07) is 56.5. The van der Waals surface area contributed by atoms with Crippen LogP contribution in [0.15, 0.2) is 170 Å². The van der Waals surface area contributed by atoms with Gasteiger partial charge in [0.25, 0.3) is 0 Å². The SMILES string of the molecule is c1ccc(-c2ccccc2-c2ccc3c(c2)C(c2ccccc2)(c2ccccc2)c2cccc4nc(-c5ccncn5)n-3c24)cc1. The maximum Gasteiger partial charge on any atom is 0.164 e. The molecule has 216 valence electrons. The number of benzene rings is 6. The van der Waals surface area contributed by atoms with Gasteiger partial charge in [-0.2, -0.15) is 0 Å². The van der Waals surface area contributed by atoms with E-state index in [2.05, 4.69) is 166 Å². The van der Waals surface area contributed by atoms with E-state index in [0.29, 0.717) is 0 Å². The minimum absolute atomic E-state index is 0.603. The number of fused-ring (bicyclic) bond motifs is 2. The maximum atomic E-state index is 5.21. The van der Waals surface area contributed by atoms with Gasteiger partial charge in [-0.05, 0) is 68.8 Å². The second-order valence-electron chi connectivity index (χ2n) is 11.7. The van der Waals surface area contributed by atoms with E-state index < -0.39 is 5.41 Å². The molecule has 2 aromatic heterocycles. The fourth-order valence-electron chi connectivity index (χ4n) is 7.37. The van der Waals surface area contributed by atoms with Crippen LogP contribution in [-0.4, -0.2) is 19.5 Å². The van der Waals surface area contributed by atoms with Gasteiger partial charge in [0.2, 0.25) is 0 Å². The van der Waals surface area contributed by atoms with Crippen molar-refractivity contribution in [1.82, 2.24) is 19.5 Å². The largest absolute Gasteiger partial charge is 0.290 e. The average molecular weight is 589 g/mol. The Morgan fingerprint density at radius 2 is 1.17 bits per heavy atom. The highest BCUT2D eigenvalue weighted by Crippen LogP contribution is 2.54. The number of hydrogen-bond acceptors (Lipinski definition) is 3. The Labute approximate surface area is 267 Å². The third-order valence-corrected chi connectivity index (χ3v) is 9.27. The van der Waals surface area contributed by atoms with Gasteiger partial charge >= 0.3 is 0 Å². The fraction of sp³-hybridized carbons (Fsp3) is 0.0238. The lowest BCUT2D eigenvalue weighted by Gasteiger charge is -2.41. The van der Waals surface area contributed by atoms with Crippen molar-refractivity contribution >= 4 is 11.0 Å². The molecular formula is C42H28N4. The molecule has 0 unspecified atom stereocenters. The Bertz CT molecular complexity index is 2310. The van der Waals surface area contributed by atoms with Crippen LogP contribution in [0, 0.1) is 0 Å². The number of aromatic nitrogens is 4. The van der Waals surface area contributed by atoms with Crippen molar-refractivity contribution in [2.24, 2.45) is 0 Å². The van der Waals surface area contributed by atoms with Crippen LogP contribution in [0.5, 0.6) is 0 Å². The molecule has 0 fully saturated rings. The molecule has 0 radical (unpaired) electrons. The molecule has 0 bridgehead atoms. The van der Waals surface area contributed by atoms with Gasteiger partial charge in [0.1, 0.15) is 12.0 Å². The van der Waals surface area contributed by atoms with E-state index in [0.717, 1.165) is 33.8 Å². The summed E-state index contributed by atoms with van der Waals surface area (Å²) < 4.78 is 2.30. The van der Waals surface area contributed by atoms with Crippen LogP contribution in [0.4, 0.5) is 0 Å². The highest BCUT2D eigenvalue weighted by atomic mass is 15.1. The monoisotopic (exact) mass is 588 g/mol. The molecule has 0 saturated heterocycles. The van der Waals surface area contributed by atoms with E-state index in [1.54, 1.807) is 12.5 Å². The minimum Gasteiger partial charge on any atom is -0.290 e. The predicted molar refractivity (Wildman–Crippen MR) is 185 cm³/mol. The first-order valence-corrected chi connectivity index (χ1v) is 15.5. The average Bonchev–Trinajstić information content (AvgIpc) is 3.54. The standard InChI is InChI=1S/C42H28N4/c1-4-13-29(14-5-1)33-19-10-11-20-34(33)30-23-24-39-36(27-30)42(31-15-6-2-7-16-31,32-17-8-3-9-18-32)35-21-12-22-37-40(35)46(39)41(45-37)38-25-26-43-28-44-38/h1-28H. The molecule has 4 nitrogen and oxygen atoms in total. The second-order valence-corrected chi connectivity index (χ2v) is 11.7. The molecule has 1 aliphatic heterocycles. The summed E-state index contributed by atoms with van der Waals surface area (Å²) >= 11 is 0. The van der Waals surface area contributed by atoms with Gasteiger partial charge in [0, 0.05) is 6.20 Å². The molecule has 6 aromatic carbocycles. The van der Waals surface area contributed by atoms with Gasteiger partial charge in [0.15, 0.2) is 5.82 Å². The van der Waals surface area contributed by atoms with Gasteiger partial charge in [0.05, 0.1) is 22.1 Å². The number of para-hydroxylation sites is 1. The number of imidazole rings is 1. The Morgan fingerprint density at radius 3 is 1.85 bits per heavy atom. The highest BCUT2D eigenvalue weighted by molar-refractivity contribution is 5.93. The highest BCUT2D eigenvalue weighted by Gasteiger charge is 2.45. The summed E-state index contributed by atoms with van der Waals surface area (Å²) in [6.07, 6.45) is 3.37. The second kappa shape index (κ2) is 10.5. The Balaban J connectivity index is 1.44. The van der Waals surface area contributed by atoms with Crippen LogP contribution in [0.3, 0.4) is 0 Å². The first-order valence-electron chi connectivity index (χ1n) is 15.5. The van der Waals surface area contributed by atoms with Crippen molar-refractivity contribution in [2.75, 3.05) is 0 Å². The van der Waals surface area contributed by atoms with E-state index in [1.807, 2.05) is 6.07 Å². The molecule has 0 aliphatic carbocycles. The van der Waals surface area contributed by atoms with Crippen LogP contribution in [0.1, 0.15) is 22.3 Å². The molecule has 0 saturated carbocycles. The van der Waals surface area contributed by atoms with Crippen LogP contribution in [-0.2, 0) is 5.41 Å². The van der Waals surface area contributed by atoms with E-state index >= 15 is 0 Å². The lowest BCUT2D eigenvalue weighted by Crippen LogP contribution is -2.35. The van der Waals surface area contributed by atoms with Gasteiger partial charge in [-0.3, -0.25) is 4.57 Å². The topological polar surface area (TPSA) is 43.6 Å². The Hall–Kier alpha value is -6.13. The van der Waals surface area contributed by atoms with E-state index in [1.165, 1.54) is 38.9 Å². The summed E-state index contributed by atoms with van der Waals surface area (Å²) in [5.74, 6) is 0.804. The zero-order valence-electron chi connectivity index (χ0n) is 25.0. The molecule has 0 N–H and O–H groups in total. The fourth-order valence-corrected chi connectivity index (χ4v) is 7.37. The van der Waals surface area contributed by atoms with E-state index in [4.69, 9.17) is 4.98 Å². The third-order valence-electron chi connectivity index (χ3n) is 9.27. The molecule has 46 heavy (non-hydrogen) atoms. The Kier molecular flexibility index (Phi) is 6.00. The van der Waals surface area contributed by atoms with Crippen LogP contribution >= 0.6 is 0 Å². The first-order chi connectivity index (χ1) is 22.8. The third kappa shape index (κ3) is 3.83. The van der Waals surface area contributed by atoms with Gasteiger partial charge in [-0.25, -0.2) is 15.0 Å².